The number of hydrogen-bond acceptors (Lipinski definition) is 12. The van der Waals surface area contributed by atoms with Crippen molar-refractivity contribution in [3.8, 4) is 35.0 Å². The maximum Gasteiger partial charge on any atom is 0.417 e. The molecule has 80 heavy (non-hydrogen) atoms. The van der Waals surface area contributed by atoms with Crippen molar-refractivity contribution in [2.24, 2.45) is 11.8 Å². The predicted octanol–water partition coefficient (Wildman–Crippen LogP) is 15.4. The quantitative estimate of drug-likeness (QED) is 0.0809. The molecule has 1 N–H and O–H groups in total. The molecule has 2 aliphatic heterocycles. The first-order valence-corrected chi connectivity index (χ1v) is 26.9. The third-order valence-corrected chi connectivity index (χ3v) is 15.2. The number of aliphatic hydroxyl groups excluding tert-OH is 1. The van der Waals surface area contributed by atoms with Crippen LogP contribution in [0, 0.1) is 34.5 Å². The molecule has 0 radical (unpaired) electrons. The third-order valence-electron chi connectivity index (χ3n) is 15.2. The monoisotopic (exact) mass is 1090 g/mol. The molecular formula is C62H60F6N8O4. The lowest BCUT2D eigenvalue weighted by Gasteiger charge is -2.33. The molecule has 1 unspecified atom stereocenters. The molecule has 2 saturated heterocycles. The Morgan fingerprint density at radius 1 is 0.625 bits per heavy atom. The van der Waals surface area contributed by atoms with Crippen LogP contribution in [-0.2, 0) is 12.4 Å². The molecule has 2 aliphatic rings. The van der Waals surface area contributed by atoms with Crippen LogP contribution in [0.15, 0.2) is 118 Å². The van der Waals surface area contributed by atoms with Gasteiger partial charge in [0.05, 0.1) is 40.5 Å². The highest BCUT2D eigenvalue weighted by atomic mass is 19.4. The van der Waals surface area contributed by atoms with Crippen molar-refractivity contribution < 1.29 is 45.1 Å². The molecule has 4 aromatic heterocycles. The Hall–Kier alpha value is -8.09. The Kier molecular flexibility index (Phi) is 17.1. The van der Waals surface area contributed by atoms with Crippen LogP contribution < -0.4 is 9.80 Å². The maximum absolute atomic E-state index is 12.9. The molecule has 414 valence electrons. The van der Waals surface area contributed by atoms with Crippen LogP contribution in [0.3, 0.4) is 0 Å². The first kappa shape index (κ1) is 56.6. The number of hydrogen-bond donors (Lipinski definition) is 1. The number of nitriles is 2. The Balaban J connectivity index is 0.000000194. The molecule has 0 amide bonds. The number of fused-ring (bicyclic) bond motifs is 2. The van der Waals surface area contributed by atoms with Crippen molar-refractivity contribution in [1.82, 2.24) is 19.9 Å². The fourth-order valence-electron chi connectivity index (χ4n) is 10.4. The minimum absolute atomic E-state index is 0.0664. The third kappa shape index (κ3) is 13.3. The Morgan fingerprint density at radius 2 is 1.05 bits per heavy atom. The van der Waals surface area contributed by atoms with Crippen molar-refractivity contribution in [1.29, 1.82) is 10.5 Å². The number of ketones is 1. The molecular weight excluding hydrogens is 1030 g/mol. The molecule has 18 heteroatoms. The largest absolute Gasteiger partial charge is 0.436 e. The molecule has 12 nitrogen and oxygen atoms in total. The Labute approximate surface area is 459 Å². The second-order valence-electron chi connectivity index (χ2n) is 21.3. The number of oxazole rings is 2. The van der Waals surface area contributed by atoms with Crippen LogP contribution >= 0.6 is 0 Å². The fourth-order valence-corrected chi connectivity index (χ4v) is 10.4. The van der Waals surface area contributed by atoms with Gasteiger partial charge in [-0.25, -0.2) is 19.9 Å². The highest BCUT2D eigenvalue weighted by molar-refractivity contribution is 5.96. The number of aliphatic hydroxyl groups is 1. The smallest absolute Gasteiger partial charge is 0.417 e. The van der Waals surface area contributed by atoms with Crippen molar-refractivity contribution in [3.05, 3.63) is 154 Å². The summed E-state index contributed by atoms with van der Waals surface area (Å²) in [6.07, 6.45) is -1.41. The van der Waals surface area contributed by atoms with Gasteiger partial charge < -0.3 is 23.7 Å². The lowest BCUT2D eigenvalue weighted by atomic mass is 9.89. The number of halogens is 6. The van der Waals surface area contributed by atoms with Gasteiger partial charge >= 0.3 is 12.4 Å². The maximum atomic E-state index is 12.9. The van der Waals surface area contributed by atoms with E-state index in [4.69, 9.17) is 8.83 Å². The number of carbonyl (C=O) groups is 1. The van der Waals surface area contributed by atoms with Gasteiger partial charge in [0.2, 0.25) is 11.8 Å². The average molecular weight is 1100 g/mol. The van der Waals surface area contributed by atoms with Crippen molar-refractivity contribution in [2.45, 2.75) is 109 Å². The summed E-state index contributed by atoms with van der Waals surface area (Å²) in [6.45, 7) is 11.0. The van der Waals surface area contributed by atoms with Crippen molar-refractivity contribution in [3.63, 3.8) is 0 Å². The Bertz CT molecular complexity index is 3510. The molecule has 0 aliphatic carbocycles. The summed E-state index contributed by atoms with van der Waals surface area (Å²) >= 11 is 0. The number of anilines is 2. The molecule has 2 fully saturated rings. The summed E-state index contributed by atoms with van der Waals surface area (Å²) in [4.78, 5) is 34.1. The normalized spacial score (nSPS) is 15.0. The van der Waals surface area contributed by atoms with Crippen LogP contribution in [0.4, 0.5) is 38.0 Å². The molecule has 4 aromatic carbocycles. The minimum atomic E-state index is -4.39. The van der Waals surface area contributed by atoms with E-state index in [1.165, 1.54) is 12.1 Å². The van der Waals surface area contributed by atoms with Crippen LogP contribution in [0.5, 0.6) is 0 Å². The first-order chi connectivity index (χ1) is 38.2. The zero-order valence-corrected chi connectivity index (χ0v) is 44.8. The van der Waals surface area contributed by atoms with Crippen LogP contribution in [-0.4, -0.2) is 57.0 Å². The Morgan fingerprint density at radius 3 is 1.44 bits per heavy atom. The summed E-state index contributed by atoms with van der Waals surface area (Å²) < 4.78 is 88.9. The number of carbonyl (C=O) groups excluding carboxylic acids is 1. The number of alkyl halides is 6. The number of Topliss-reactive ketones (excluding diaryl/α,β-unsaturated/α-hetero) is 1. The minimum Gasteiger partial charge on any atom is -0.436 e. The van der Waals surface area contributed by atoms with Gasteiger partial charge in [-0.3, -0.25) is 4.79 Å². The lowest BCUT2D eigenvalue weighted by Crippen LogP contribution is -2.34. The van der Waals surface area contributed by atoms with E-state index in [-0.39, 0.29) is 17.6 Å². The van der Waals surface area contributed by atoms with Gasteiger partial charge in [-0.2, -0.15) is 36.9 Å². The standard InChI is InChI=1S/C31H31F3N4O2.C31H29F3N4O2/c2*1-19(2)25-15-21(17-35)16-26-29(25)40-30(37-26)23-6-4-22(5-7-23)27(39)9-3-20-11-13-38(14-12-20)28-10-8-24(18-36-28)31(32,33)34/h4-8,10,15-16,18-20,27,39H,3,9,11-14H2,1-2H3;4-8,10,15-16,18-20H,3,9,11-14H2,1-2H3. The molecule has 1 atom stereocenters. The van der Waals surface area contributed by atoms with E-state index in [0.29, 0.717) is 100 Å². The molecule has 10 rings (SSSR count). The molecule has 0 spiro atoms. The van der Waals surface area contributed by atoms with Crippen molar-refractivity contribution >= 4 is 39.6 Å². The summed E-state index contributed by atoms with van der Waals surface area (Å²) in [5.74, 6) is 3.27. The van der Waals surface area contributed by atoms with E-state index in [1.54, 1.807) is 24.3 Å². The summed E-state index contributed by atoms with van der Waals surface area (Å²) in [7, 11) is 0. The second-order valence-corrected chi connectivity index (χ2v) is 21.3. The summed E-state index contributed by atoms with van der Waals surface area (Å²) in [5.41, 5.74) is 7.13. The van der Waals surface area contributed by atoms with E-state index in [9.17, 15) is 46.8 Å². The molecule has 0 bridgehead atoms. The van der Waals surface area contributed by atoms with Crippen molar-refractivity contribution in [2.75, 3.05) is 36.0 Å². The van der Waals surface area contributed by atoms with Gasteiger partial charge in [0.25, 0.3) is 0 Å². The van der Waals surface area contributed by atoms with Gasteiger partial charge in [0.1, 0.15) is 22.7 Å². The number of piperidine rings is 2. The average Bonchev–Trinajstić information content (AvgIpc) is 4.11. The number of pyridine rings is 2. The topological polar surface area (TPSA) is 169 Å². The van der Waals surface area contributed by atoms with Gasteiger partial charge in [-0.05, 0) is 147 Å². The molecule has 6 heterocycles. The SMILES string of the molecule is CC(C)c1cc(C#N)cc2nc(-c3ccc(C(=O)CCC4CCN(c5ccc(C(F)(F)F)cn5)CC4)cc3)oc12.CC(C)c1cc(C#N)cc2nc(-c3ccc(C(O)CCC4CCN(c5ccc(C(F)(F)F)cn5)CC4)cc3)oc12. The van der Waals surface area contributed by atoms with Gasteiger partial charge in [-0.15, -0.1) is 0 Å². The second kappa shape index (κ2) is 24.1. The number of aromatic nitrogens is 4. The zero-order valence-electron chi connectivity index (χ0n) is 44.8. The number of nitrogens with zero attached hydrogens (tertiary/aromatic N) is 8. The van der Waals surface area contributed by atoms with E-state index in [0.717, 1.165) is 104 Å². The zero-order chi connectivity index (χ0) is 56.9. The van der Waals surface area contributed by atoms with E-state index in [1.807, 2.05) is 86.0 Å². The molecule has 0 saturated carbocycles. The summed E-state index contributed by atoms with van der Waals surface area (Å²) in [5, 5.41) is 29.5. The van der Waals surface area contributed by atoms with Crippen LogP contribution in [0.1, 0.15) is 146 Å². The highest BCUT2D eigenvalue weighted by Gasteiger charge is 2.33. The van der Waals surface area contributed by atoms with Crippen LogP contribution in [0.25, 0.3) is 45.1 Å². The van der Waals surface area contributed by atoms with Gasteiger partial charge in [0.15, 0.2) is 16.9 Å². The number of benzene rings is 4. The first-order valence-electron chi connectivity index (χ1n) is 26.9. The highest BCUT2D eigenvalue weighted by Crippen LogP contribution is 2.37. The lowest BCUT2D eigenvalue weighted by molar-refractivity contribution is -0.138. The van der Waals surface area contributed by atoms with Gasteiger partial charge in [0, 0.05) is 72.8 Å². The predicted molar refractivity (Wildman–Crippen MR) is 293 cm³/mol. The van der Waals surface area contributed by atoms with E-state index in [2.05, 4.69) is 32.1 Å². The van der Waals surface area contributed by atoms with E-state index < -0.39 is 29.6 Å². The summed E-state index contributed by atoms with van der Waals surface area (Å²) in [6, 6.07) is 31.3. The fraction of sp³-hybridized carbons (Fsp3) is 0.371. The van der Waals surface area contributed by atoms with Gasteiger partial charge in [-0.1, -0.05) is 52.0 Å². The molecule has 8 aromatic rings. The van der Waals surface area contributed by atoms with Crippen LogP contribution in [0.2, 0.25) is 0 Å². The van der Waals surface area contributed by atoms with E-state index >= 15 is 0 Å². The number of rotatable bonds is 14.